The second kappa shape index (κ2) is 12.6. The van der Waals surface area contributed by atoms with E-state index < -0.39 is 11.9 Å². The largest absolute Gasteiger partial charge is 0.481 e. The van der Waals surface area contributed by atoms with Gasteiger partial charge in [-0.25, -0.2) is 0 Å². The topological polar surface area (TPSA) is 74.6 Å². The van der Waals surface area contributed by atoms with Crippen molar-refractivity contribution in [2.24, 2.45) is 0 Å². The van der Waals surface area contributed by atoms with Gasteiger partial charge in [-0.2, -0.15) is 0 Å². The third-order valence-corrected chi connectivity index (χ3v) is 2.91. The summed E-state index contributed by atoms with van der Waals surface area (Å²) in [6.45, 7) is 2.17. The first-order chi connectivity index (χ1) is 10.4. The normalized spacial score (nSPS) is 16.5. The number of hydrogen-bond donors (Lipinski definition) is 2. The minimum absolute atomic E-state index is 0.833. The van der Waals surface area contributed by atoms with Crippen LogP contribution in [0.2, 0.25) is 0 Å². The van der Waals surface area contributed by atoms with Crippen LogP contribution in [0.4, 0.5) is 0 Å². The first-order valence-electron chi connectivity index (χ1n) is 7.54. The van der Waals surface area contributed by atoms with Crippen molar-refractivity contribution in [2.45, 2.75) is 52.4 Å². The molecule has 0 bridgehead atoms. The van der Waals surface area contributed by atoms with Crippen molar-refractivity contribution in [1.29, 1.82) is 0 Å². The van der Waals surface area contributed by atoms with Crippen LogP contribution in [0.3, 0.4) is 0 Å². The van der Waals surface area contributed by atoms with Gasteiger partial charge in [0.2, 0.25) is 0 Å². The Morgan fingerprint density at radius 3 is 1.45 bits per heavy atom. The molecule has 0 unspecified atom stereocenters. The second-order valence-corrected chi connectivity index (χ2v) is 5.06. The fourth-order valence-corrected chi connectivity index (χ4v) is 2.08. The SMILES string of the molecule is C1=CCCCC(C2=CC=CCCC2)=C1.CC(=O)O.CC(=O)O. The highest BCUT2D eigenvalue weighted by Gasteiger charge is 2.06. The van der Waals surface area contributed by atoms with Crippen LogP contribution in [0.15, 0.2) is 47.6 Å². The third-order valence-electron chi connectivity index (χ3n) is 2.91. The Kier molecular flexibility index (Phi) is 11.4. The summed E-state index contributed by atoms with van der Waals surface area (Å²) in [5, 5.41) is 14.8. The molecule has 4 nitrogen and oxygen atoms in total. The van der Waals surface area contributed by atoms with Gasteiger partial charge in [-0.1, -0.05) is 36.5 Å². The zero-order valence-electron chi connectivity index (χ0n) is 13.4. The lowest BCUT2D eigenvalue weighted by molar-refractivity contribution is -0.135. The summed E-state index contributed by atoms with van der Waals surface area (Å²) in [7, 11) is 0. The fourth-order valence-electron chi connectivity index (χ4n) is 2.08. The molecule has 2 aliphatic rings. The highest BCUT2D eigenvalue weighted by molar-refractivity contribution is 5.63. The van der Waals surface area contributed by atoms with Crippen LogP contribution in [0.1, 0.15) is 52.4 Å². The van der Waals surface area contributed by atoms with E-state index in [4.69, 9.17) is 19.8 Å². The van der Waals surface area contributed by atoms with Crippen molar-refractivity contribution in [3.05, 3.63) is 47.6 Å². The van der Waals surface area contributed by atoms with Gasteiger partial charge >= 0.3 is 0 Å². The van der Waals surface area contributed by atoms with E-state index in [1.807, 2.05) is 0 Å². The molecule has 0 radical (unpaired) electrons. The summed E-state index contributed by atoms with van der Waals surface area (Å²) in [6, 6.07) is 0. The predicted octanol–water partition coefficient (Wildman–Crippen LogP) is 4.50. The summed E-state index contributed by atoms with van der Waals surface area (Å²) in [6.07, 6.45) is 21.2. The van der Waals surface area contributed by atoms with E-state index in [1.165, 1.54) is 38.5 Å². The van der Waals surface area contributed by atoms with Gasteiger partial charge in [0.15, 0.2) is 0 Å². The number of carboxylic acids is 2. The number of aliphatic carboxylic acids is 2. The minimum atomic E-state index is -0.833. The fraction of sp³-hybridized carbons (Fsp3) is 0.444. The summed E-state index contributed by atoms with van der Waals surface area (Å²) < 4.78 is 0. The second-order valence-electron chi connectivity index (χ2n) is 5.06. The van der Waals surface area contributed by atoms with Crippen LogP contribution >= 0.6 is 0 Å². The zero-order chi connectivity index (χ0) is 16.8. The lowest BCUT2D eigenvalue weighted by Gasteiger charge is -2.08. The van der Waals surface area contributed by atoms with Gasteiger partial charge in [0, 0.05) is 13.8 Å². The Morgan fingerprint density at radius 1 is 0.818 bits per heavy atom. The zero-order valence-corrected chi connectivity index (χ0v) is 13.4. The first kappa shape index (κ1) is 19.9. The molecule has 0 heterocycles. The Balaban J connectivity index is 0.000000464. The van der Waals surface area contributed by atoms with E-state index >= 15 is 0 Å². The third kappa shape index (κ3) is 12.9. The van der Waals surface area contributed by atoms with Crippen molar-refractivity contribution >= 4 is 11.9 Å². The van der Waals surface area contributed by atoms with E-state index in [2.05, 4.69) is 36.5 Å². The van der Waals surface area contributed by atoms with E-state index in [0.29, 0.717) is 0 Å². The molecule has 0 aromatic carbocycles. The van der Waals surface area contributed by atoms with Crippen molar-refractivity contribution in [1.82, 2.24) is 0 Å². The maximum atomic E-state index is 9.00. The van der Waals surface area contributed by atoms with Crippen LogP contribution in [0.5, 0.6) is 0 Å². The molecule has 0 aliphatic heterocycles. The van der Waals surface area contributed by atoms with Crippen molar-refractivity contribution in [3.8, 4) is 0 Å². The van der Waals surface area contributed by atoms with Crippen LogP contribution in [-0.2, 0) is 9.59 Å². The molecule has 0 fully saturated rings. The number of rotatable bonds is 1. The van der Waals surface area contributed by atoms with E-state index in [-0.39, 0.29) is 0 Å². The molecule has 0 saturated heterocycles. The Bertz CT molecular complexity index is 415. The molecular weight excluding hydrogens is 280 g/mol. The molecule has 0 saturated carbocycles. The van der Waals surface area contributed by atoms with Crippen LogP contribution < -0.4 is 0 Å². The smallest absolute Gasteiger partial charge is 0.300 e. The maximum absolute atomic E-state index is 9.00. The minimum Gasteiger partial charge on any atom is -0.481 e. The van der Waals surface area contributed by atoms with Gasteiger partial charge < -0.3 is 10.2 Å². The monoisotopic (exact) mass is 306 g/mol. The van der Waals surface area contributed by atoms with Crippen molar-refractivity contribution < 1.29 is 19.8 Å². The average Bonchev–Trinajstić information content (AvgIpc) is 2.82. The number of allylic oxidation sites excluding steroid dienone is 8. The highest BCUT2D eigenvalue weighted by atomic mass is 16.4. The molecule has 0 atom stereocenters. The van der Waals surface area contributed by atoms with Gasteiger partial charge in [0.05, 0.1) is 0 Å². The Labute approximate surface area is 132 Å². The van der Waals surface area contributed by atoms with Gasteiger partial charge in [-0.3, -0.25) is 9.59 Å². The summed E-state index contributed by atoms with van der Waals surface area (Å²) in [5.41, 5.74) is 3.12. The Hall–Kier alpha value is -2.10. The quantitative estimate of drug-likeness (QED) is 0.748. The Morgan fingerprint density at radius 2 is 1.14 bits per heavy atom. The average molecular weight is 306 g/mol. The molecule has 0 aromatic rings. The molecule has 0 aromatic heterocycles. The number of carbonyl (C=O) groups is 2. The van der Waals surface area contributed by atoms with Crippen LogP contribution in [0.25, 0.3) is 0 Å². The predicted molar refractivity (Wildman–Crippen MR) is 88.8 cm³/mol. The summed E-state index contributed by atoms with van der Waals surface area (Å²) in [4.78, 5) is 18.0. The molecule has 2 rings (SSSR count). The summed E-state index contributed by atoms with van der Waals surface area (Å²) in [5.74, 6) is -1.67. The highest BCUT2D eigenvalue weighted by Crippen LogP contribution is 2.25. The van der Waals surface area contributed by atoms with Gasteiger partial charge in [0.25, 0.3) is 11.9 Å². The van der Waals surface area contributed by atoms with Gasteiger partial charge in [0.1, 0.15) is 0 Å². The molecule has 122 valence electrons. The standard InChI is InChI=1S/C14H18.2C2H4O2/c1-2-6-10-13(9-5-1)14-11-7-3-4-8-12-14;2*1-2(3)4/h1,3,5,7,9,11H,2,4,6,8,10,12H2;2*1H3,(H,3,4). The van der Waals surface area contributed by atoms with Gasteiger partial charge in [-0.15, -0.1) is 0 Å². The number of hydrogen-bond acceptors (Lipinski definition) is 2. The van der Waals surface area contributed by atoms with Gasteiger partial charge in [-0.05, 0) is 49.7 Å². The molecule has 2 aliphatic carbocycles. The molecule has 2 N–H and O–H groups in total. The number of carboxylic acid groups (broad SMARTS) is 2. The lowest BCUT2D eigenvalue weighted by Crippen LogP contribution is -1.89. The molecule has 0 amide bonds. The maximum Gasteiger partial charge on any atom is 0.300 e. The van der Waals surface area contributed by atoms with E-state index in [9.17, 15) is 0 Å². The lowest BCUT2D eigenvalue weighted by atomic mass is 9.97. The summed E-state index contributed by atoms with van der Waals surface area (Å²) >= 11 is 0. The molecule has 4 heteroatoms. The molecule has 22 heavy (non-hydrogen) atoms. The van der Waals surface area contributed by atoms with Crippen molar-refractivity contribution in [2.75, 3.05) is 0 Å². The van der Waals surface area contributed by atoms with E-state index in [1.54, 1.807) is 11.1 Å². The van der Waals surface area contributed by atoms with E-state index in [0.717, 1.165) is 13.8 Å². The van der Waals surface area contributed by atoms with Crippen molar-refractivity contribution in [3.63, 3.8) is 0 Å². The first-order valence-corrected chi connectivity index (χ1v) is 7.54. The molecular formula is C18H26O4. The molecule has 0 spiro atoms. The van der Waals surface area contributed by atoms with Crippen LogP contribution in [0, 0.1) is 0 Å². The van der Waals surface area contributed by atoms with Crippen LogP contribution in [-0.4, -0.2) is 22.2 Å².